The van der Waals surface area contributed by atoms with Gasteiger partial charge in [0.05, 0.1) is 19.6 Å². The van der Waals surface area contributed by atoms with E-state index in [-0.39, 0.29) is 5.92 Å². The van der Waals surface area contributed by atoms with E-state index in [1.54, 1.807) is 0 Å². The van der Waals surface area contributed by atoms with Gasteiger partial charge in [0.2, 0.25) is 0 Å². The van der Waals surface area contributed by atoms with Crippen LogP contribution in [0.25, 0.3) is 0 Å². The maximum Gasteiger partial charge on any atom is 0.196 e. The molecular formula is C13H19N3O3. The van der Waals surface area contributed by atoms with E-state index in [9.17, 15) is 0 Å². The van der Waals surface area contributed by atoms with E-state index in [1.165, 1.54) is 0 Å². The minimum atomic E-state index is 0.0759. The van der Waals surface area contributed by atoms with Crippen molar-refractivity contribution in [2.24, 2.45) is 20.9 Å². The fourth-order valence-corrected chi connectivity index (χ4v) is 2.47. The van der Waals surface area contributed by atoms with Crippen molar-refractivity contribution >= 4 is 17.7 Å². The van der Waals surface area contributed by atoms with E-state index in [0.717, 1.165) is 63.2 Å². The van der Waals surface area contributed by atoms with Crippen LogP contribution >= 0.6 is 0 Å². The normalized spacial score (nSPS) is 21.6. The second-order valence-electron chi connectivity index (χ2n) is 4.71. The van der Waals surface area contributed by atoms with Crippen molar-refractivity contribution in [3.05, 3.63) is 0 Å². The van der Waals surface area contributed by atoms with Crippen LogP contribution < -0.4 is 0 Å². The molecule has 19 heavy (non-hydrogen) atoms. The third-order valence-electron chi connectivity index (χ3n) is 3.35. The SMILES string of the molecule is C(CC1=NCCO1)CC(C1=NCCO1)C1=NCCO1. The summed E-state index contributed by atoms with van der Waals surface area (Å²) in [6.07, 6.45) is 2.77. The van der Waals surface area contributed by atoms with Gasteiger partial charge in [0.1, 0.15) is 25.7 Å². The van der Waals surface area contributed by atoms with Crippen molar-refractivity contribution in [1.82, 2.24) is 0 Å². The second kappa shape index (κ2) is 6.04. The molecule has 6 nitrogen and oxygen atoms in total. The van der Waals surface area contributed by atoms with E-state index < -0.39 is 0 Å². The first-order valence-corrected chi connectivity index (χ1v) is 6.94. The highest BCUT2D eigenvalue weighted by atomic mass is 16.5. The van der Waals surface area contributed by atoms with Gasteiger partial charge in [-0.15, -0.1) is 0 Å². The van der Waals surface area contributed by atoms with Crippen LogP contribution in [0.2, 0.25) is 0 Å². The summed E-state index contributed by atoms with van der Waals surface area (Å²) in [6, 6.07) is 0. The molecule has 0 saturated heterocycles. The number of ether oxygens (including phenoxy) is 3. The number of aliphatic imine (C=N–C) groups is 3. The molecule has 0 saturated carbocycles. The van der Waals surface area contributed by atoms with Crippen molar-refractivity contribution in [3.63, 3.8) is 0 Å². The van der Waals surface area contributed by atoms with Crippen molar-refractivity contribution in [2.45, 2.75) is 19.3 Å². The smallest absolute Gasteiger partial charge is 0.196 e. The molecule has 0 fully saturated rings. The zero-order valence-electron chi connectivity index (χ0n) is 11.0. The monoisotopic (exact) mass is 265 g/mol. The lowest BCUT2D eigenvalue weighted by Crippen LogP contribution is -2.25. The van der Waals surface area contributed by atoms with Gasteiger partial charge in [0.15, 0.2) is 17.7 Å². The third kappa shape index (κ3) is 3.05. The molecule has 0 amide bonds. The first kappa shape index (κ1) is 12.4. The Labute approximate surface area is 112 Å². The summed E-state index contributed by atoms with van der Waals surface area (Å²) < 4.78 is 16.6. The number of rotatable bonds is 6. The van der Waals surface area contributed by atoms with Crippen molar-refractivity contribution in [2.75, 3.05) is 39.5 Å². The first-order chi connectivity index (χ1) is 9.43. The van der Waals surface area contributed by atoms with Gasteiger partial charge in [-0.1, -0.05) is 0 Å². The Morgan fingerprint density at radius 3 is 2.00 bits per heavy atom. The van der Waals surface area contributed by atoms with Gasteiger partial charge in [-0.05, 0) is 12.8 Å². The molecule has 0 N–H and O–H groups in total. The van der Waals surface area contributed by atoms with Crippen molar-refractivity contribution in [3.8, 4) is 0 Å². The number of hydrogen-bond acceptors (Lipinski definition) is 6. The van der Waals surface area contributed by atoms with Crippen LogP contribution in [0, 0.1) is 5.92 Å². The zero-order chi connectivity index (χ0) is 12.9. The Balaban J connectivity index is 1.56. The highest BCUT2D eigenvalue weighted by molar-refractivity contribution is 6.01. The van der Waals surface area contributed by atoms with Gasteiger partial charge in [-0.3, -0.25) is 15.0 Å². The Hall–Kier alpha value is -1.59. The van der Waals surface area contributed by atoms with E-state index in [1.807, 2.05) is 0 Å². The van der Waals surface area contributed by atoms with Gasteiger partial charge in [0, 0.05) is 6.42 Å². The molecule has 104 valence electrons. The molecule has 0 bridgehead atoms. The summed E-state index contributed by atoms with van der Waals surface area (Å²) in [5.41, 5.74) is 0. The van der Waals surface area contributed by atoms with Crippen LogP contribution in [0.4, 0.5) is 0 Å². The predicted molar refractivity (Wildman–Crippen MR) is 72.1 cm³/mol. The topological polar surface area (TPSA) is 64.8 Å². The minimum absolute atomic E-state index is 0.0759. The Kier molecular flexibility index (Phi) is 3.95. The lowest BCUT2D eigenvalue weighted by atomic mass is 10.0. The molecule has 0 radical (unpaired) electrons. The highest BCUT2D eigenvalue weighted by Gasteiger charge is 2.29. The molecule has 3 heterocycles. The summed E-state index contributed by atoms with van der Waals surface area (Å²) in [5, 5.41) is 0. The fourth-order valence-electron chi connectivity index (χ4n) is 2.47. The number of nitrogens with zero attached hydrogens (tertiary/aromatic N) is 3. The molecule has 0 aromatic carbocycles. The third-order valence-corrected chi connectivity index (χ3v) is 3.35. The van der Waals surface area contributed by atoms with Crippen LogP contribution in [0.3, 0.4) is 0 Å². The Bertz CT molecular complexity index is 393. The molecule has 0 aromatic rings. The van der Waals surface area contributed by atoms with Gasteiger partial charge < -0.3 is 14.2 Å². The lowest BCUT2D eigenvalue weighted by molar-refractivity contribution is 0.300. The van der Waals surface area contributed by atoms with E-state index >= 15 is 0 Å². The lowest BCUT2D eigenvalue weighted by Gasteiger charge is -2.16. The Morgan fingerprint density at radius 2 is 1.47 bits per heavy atom. The molecule has 0 atom stereocenters. The summed E-state index contributed by atoms with van der Waals surface area (Å²) in [5.74, 6) is 2.53. The van der Waals surface area contributed by atoms with Crippen LogP contribution in [-0.4, -0.2) is 57.1 Å². The maximum absolute atomic E-state index is 5.58. The summed E-state index contributed by atoms with van der Waals surface area (Å²) in [7, 11) is 0. The van der Waals surface area contributed by atoms with Crippen LogP contribution in [-0.2, 0) is 14.2 Å². The molecule has 0 spiro atoms. The van der Waals surface area contributed by atoms with Crippen LogP contribution in [0.1, 0.15) is 19.3 Å². The van der Waals surface area contributed by atoms with Crippen molar-refractivity contribution < 1.29 is 14.2 Å². The zero-order valence-corrected chi connectivity index (χ0v) is 11.0. The number of hydrogen-bond donors (Lipinski definition) is 0. The average molecular weight is 265 g/mol. The second-order valence-corrected chi connectivity index (χ2v) is 4.71. The molecule has 0 aromatic heterocycles. The average Bonchev–Trinajstić information content (AvgIpc) is 3.15. The van der Waals surface area contributed by atoms with Crippen molar-refractivity contribution in [1.29, 1.82) is 0 Å². The fraction of sp³-hybridized carbons (Fsp3) is 0.769. The molecule has 0 aliphatic carbocycles. The maximum atomic E-state index is 5.58. The summed E-state index contributed by atoms with van der Waals surface area (Å²) >= 11 is 0. The molecule has 3 rings (SSSR count). The molecular weight excluding hydrogens is 246 g/mol. The van der Waals surface area contributed by atoms with E-state index in [2.05, 4.69) is 15.0 Å². The predicted octanol–water partition coefficient (Wildman–Crippen LogP) is 1.06. The first-order valence-electron chi connectivity index (χ1n) is 6.94. The van der Waals surface area contributed by atoms with Gasteiger partial charge >= 0.3 is 0 Å². The largest absolute Gasteiger partial charge is 0.479 e. The molecule has 3 aliphatic heterocycles. The standard InChI is InChI=1S/C13H19N3O3/c1(3-11-14-4-7-17-11)2-10(12-15-5-8-18-12)13-16-6-9-19-13/h10H,1-9H2. The molecule has 0 unspecified atom stereocenters. The molecule has 6 heteroatoms. The van der Waals surface area contributed by atoms with Gasteiger partial charge in [0.25, 0.3) is 0 Å². The van der Waals surface area contributed by atoms with E-state index in [4.69, 9.17) is 14.2 Å². The molecule has 3 aliphatic rings. The van der Waals surface area contributed by atoms with E-state index in [0.29, 0.717) is 13.2 Å². The summed E-state index contributed by atoms with van der Waals surface area (Å²) in [4.78, 5) is 13.1. The highest BCUT2D eigenvalue weighted by Crippen LogP contribution is 2.20. The van der Waals surface area contributed by atoms with Crippen LogP contribution in [0.5, 0.6) is 0 Å². The van der Waals surface area contributed by atoms with Crippen LogP contribution in [0.15, 0.2) is 15.0 Å². The van der Waals surface area contributed by atoms with Gasteiger partial charge in [-0.25, -0.2) is 0 Å². The quantitative estimate of drug-likeness (QED) is 0.721. The minimum Gasteiger partial charge on any atom is -0.479 e. The van der Waals surface area contributed by atoms with Gasteiger partial charge in [-0.2, -0.15) is 0 Å². The summed E-state index contributed by atoms with van der Waals surface area (Å²) in [6.45, 7) is 4.36. The Morgan fingerprint density at radius 1 is 0.842 bits per heavy atom.